The van der Waals surface area contributed by atoms with Crippen molar-refractivity contribution in [3.05, 3.63) is 12.2 Å². The van der Waals surface area contributed by atoms with E-state index in [1.54, 1.807) is 6.08 Å². The summed E-state index contributed by atoms with van der Waals surface area (Å²) in [6, 6.07) is 0. The monoisotopic (exact) mass is 248 g/mol. The van der Waals surface area contributed by atoms with Crippen molar-refractivity contribution in [3.63, 3.8) is 0 Å². The van der Waals surface area contributed by atoms with E-state index >= 15 is 0 Å². The molecule has 2 fully saturated rings. The molecule has 0 spiro atoms. The first-order valence-electron chi connectivity index (χ1n) is 6.89. The van der Waals surface area contributed by atoms with Gasteiger partial charge in [0.1, 0.15) is 6.10 Å². The van der Waals surface area contributed by atoms with Crippen molar-refractivity contribution in [3.8, 4) is 0 Å². The molecule has 3 rings (SSSR count). The van der Waals surface area contributed by atoms with Crippen LogP contribution in [0.25, 0.3) is 0 Å². The molecule has 18 heavy (non-hydrogen) atoms. The number of hydrogen-bond donors (Lipinski definition) is 0. The molecule has 0 amide bonds. The normalized spacial score (nSPS) is 50.7. The van der Waals surface area contributed by atoms with Crippen LogP contribution in [0.5, 0.6) is 0 Å². The maximum Gasteiger partial charge on any atom is 0.309 e. The van der Waals surface area contributed by atoms with Crippen LogP contribution >= 0.6 is 0 Å². The van der Waals surface area contributed by atoms with Crippen molar-refractivity contribution < 1.29 is 14.3 Å². The van der Waals surface area contributed by atoms with Gasteiger partial charge in [0.2, 0.25) is 0 Å². The lowest BCUT2D eigenvalue weighted by Crippen LogP contribution is -2.45. The Hall–Kier alpha value is -1.12. The average Bonchev–Trinajstić information content (AvgIpc) is 2.75. The van der Waals surface area contributed by atoms with Crippen molar-refractivity contribution in [2.24, 2.45) is 29.1 Å². The largest absolute Gasteiger partial charge is 0.461 e. The van der Waals surface area contributed by atoms with E-state index in [1.165, 1.54) is 0 Å². The minimum Gasteiger partial charge on any atom is -0.461 e. The van der Waals surface area contributed by atoms with Crippen LogP contribution in [0.1, 0.15) is 33.6 Å². The van der Waals surface area contributed by atoms with Gasteiger partial charge in [-0.2, -0.15) is 0 Å². The lowest BCUT2D eigenvalue weighted by atomic mass is 9.67. The summed E-state index contributed by atoms with van der Waals surface area (Å²) in [5, 5.41) is 0. The summed E-state index contributed by atoms with van der Waals surface area (Å²) in [6.07, 6.45) is 5.57. The predicted molar refractivity (Wildman–Crippen MR) is 66.7 cm³/mol. The minimum absolute atomic E-state index is 0.0637. The number of allylic oxidation sites excluding steroid dienone is 2. The molecular formula is C15H20O3. The molecule has 3 aliphatic rings. The number of carbonyl (C=O) groups excluding carboxylic acids is 2. The molecular weight excluding hydrogens is 228 g/mol. The second-order valence-corrected chi connectivity index (χ2v) is 6.40. The van der Waals surface area contributed by atoms with Gasteiger partial charge in [0.25, 0.3) is 0 Å². The van der Waals surface area contributed by atoms with Crippen molar-refractivity contribution in [1.82, 2.24) is 0 Å². The third-order valence-electron chi connectivity index (χ3n) is 5.48. The number of rotatable bonds is 0. The number of hydrogen-bond acceptors (Lipinski definition) is 3. The topological polar surface area (TPSA) is 43.4 Å². The minimum atomic E-state index is -0.527. The fourth-order valence-electron chi connectivity index (χ4n) is 4.21. The summed E-state index contributed by atoms with van der Waals surface area (Å²) in [5.74, 6) is 0.856. The van der Waals surface area contributed by atoms with Crippen molar-refractivity contribution in [1.29, 1.82) is 0 Å². The highest BCUT2D eigenvalue weighted by Crippen LogP contribution is 2.54. The molecule has 0 bridgehead atoms. The molecule has 6 atom stereocenters. The molecule has 1 saturated heterocycles. The average molecular weight is 248 g/mol. The molecule has 0 aromatic rings. The maximum atomic E-state index is 12.3. The molecule has 3 nitrogen and oxygen atoms in total. The van der Waals surface area contributed by atoms with Crippen LogP contribution in [0.4, 0.5) is 0 Å². The van der Waals surface area contributed by atoms with Crippen LogP contribution in [0, 0.1) is 29.1 Å². The SMILES string of the molecule is C[C@@H]1C(=O)O[C@H]2[C@H]1CC[C@H](C)[C@H]1C=CC(=O)[C@@]12C. The predicted octanol–water partition coefficient (Wildman–Crippen LogP) is 2.36. The van der Waals surface area contributed by atoms with Crippen molar-refractivity contribution in [2.75, 3.05) is 0 Å². The summed E-state index contributed by atoms with van der Waals surface area (Å²) in [7, 11) is 0. The molecule has 1 aliphatic heterocycles. The third-order valence-corrected chi connectivity index (χ3v) is 5.48. The Labute approximate surface area is 108 Å². The summed E-state index contributed by atoms with van der Waals surface area (Å²) in [6.45, 7) is 6.14. The molecule has 0 unspecified atom stereocenters. The molecule has 0 radical (unpaired) electrons. The van der Waals surface area contributed by atoms with Crippen LogP contribution in [-0.2, 0) is 14.3 Å². The molecule has 98 valence electrons. The summed E-state index contributed by atoms with van der Waals surface area (Å²) >= 11 is 0. The summed E-state index contributed by atoms with van der Waals surface area (Å²) in [5.41, 5.74) is -0.527. The van der Waals surface area contributed by atoms with Gasteiger partial charge in [-0.3, -0.25) is 9.59 Å². The van der Waals surface area contributed by atoms with Crippen LogP contribution in [-0.4, -0.2) is 17.9 Å². The van der Waals surface area contributed by atoms with Crippen molar-refractivity contribution in [2.45, 2.75) is 39.7 Å². The van der Waals surface area contributed by atoms with E-state index in [4.69, 9.17) is 4.74 Å². The van der Waals surface area contributed by atoms with Gasteiger partial charge in [-0.05, 0) is 37.7 Å². The van der Waals surface area contributed by atoms with E-state index in [0.29, 0.717) is 5.92 Å². The molecule has 0 N–H and O–H groups in total. The summed E-state index contributed by atoms with van der Waals surface area (Å²) < 4.78 is 5.59. The first kappa shape index (κ1) is 11.9. The fourth-order valence-corrected chi connectivity index (χ4v) is 4.21. The zero-order valence-corrected chi connectivity index (χ0v) is 11.2. The second-order valence-electron chi connectivity index (χ2n) is 6.40. The maximum absolute atomic E-state index is 12.3. The molecule has 3 heteroatoms. The van der Waals surface area contributed by atoms with E-state index in [0.717, 1.165) is 12.8 Å². The van der Waals surface area contributed by atoms with E-state index in [-0.39, 0.29) is 35.6 Å². The first-order chi connectivity index (χ1) is 8.46. The quantitative estimate of drug-likeness (QED) is 0.618. The molecule has 0 aromatic carbocycles. The second kappa shape index (κ2) is 3.69. The molecule has 0 aromatic heterocycles. The highest BCUT2D eigenvalue weighted by Gasteiger charge is 2.60. The smallest absolute Gasteiger partial charge is 0.309 e. The number of ether oxygens (including phenoxy) is 1. The Balaban J connectivity index is 2.06. The van der Waals surface area contributed by atoms with Gasteiger partial charge in [0.05, 0.1) is 11.3 Å². The van der Waals surface area contributed by atoms with Gasteiger partial charge < -0.3 is 4.74 Å². The summed E-state index contributed by atoms with van der Waals surface area (Å²) in [4.78, 5) is 24.1. The molecule has 1 saturated carbocycles. The van der Waals surface area contributed by atoms with E-state index in [9.17, 15) is 9.59 Å². The van der Waals surface area contributed by atoms with Gasteiger partial charge >= 0.3 is 5.97 Å². The zero-order chi connectivity index (χ0) is 13.1. The Morgan fingerprint density at radius 2 is 2.00 bits per heavy atom. The van der Waals surface area contributed by atoms with Crippen LogP contribution in [0.3, 0.4) is 0 Å². The fraction of sp³-hybridized carbons (Fsp3) is 0.733. The number of carbonyl (C=O) groups is 2. The van der Waals surface area contributed by atoms with E-state index in [2.05, 4.69) is 6.92 Å². The lowest BCUT2D eigenvalue weighted by Gasteiger charge is -2.36. The van der Waals surface area contributed by atoms with E-state index in [1.807, 2.05) is 19.9 Å². The van der Waals surface area contributed by atoms with E-state index < -0.39 is 5.41 Å². The van der Waals surface area contributed by atoms with Gasteiger partial charge in [0.15, 0.2) is 5.78 Å². The number of esters is 1. The van der Waals surface area contributed by atoms with Gasteiger partial charge in [-0.1, -0.05) is 19.9 Å². The Morgan fingerprint density at radius 1 is 1.28 bits per heavy atom. The standard InChI is InChI=1S/C15H20O3/c1-8-4-5-10-9(2)14(17)18-13(10)15(3)11(8)6-7-12(15)16/h6-11,13H,4-5H2,1-3H3/t8-,9-,10-,11+,13-,15+/m0/s1. The third kappa shape index (κ3) is 1.30. The van der Waals surface area contributed by atoms with Crippen LogP contribution < -0.4 is 0 Å². The van der Waals surface area contributed by atoms with Crippen LogP contribution in [0.2, 0.25) is 0 Å². The van der Waals surface area contributed by atoms with Gasteiger partial charge in [0, 0.05) is 5.92 Å². The highest BCUT2D eigenvalue weighted by molar-refractivity contribution is 5.98. The first-order valence-corrected chi connectivity index (χ1v) is 6.89. The zero-order valence-electron chi connectivity index (χ0n) is 11.2. The Morgan fingerprint density at radius 3 is 2.72 bits per heavy atom. The molecule has 2 aliphatic carbocycles. The molecule has 1 heterocycles. The highest BCUT2D eigenvalue weighted by atomic mass is 16.6. The number of fused-ring (bicyclic) bond motifs is 3. The lowest BCUT2D eigenvalue weighted by molar-refractivity contribution is -0.152. The Bertz CT molecular complexity index is 439. The van der Waals surface area contributed by atoms with Crippen LogP contribution in [0.15, 0.2) is 12.2 Å². The van der Waals surface area contributed by atoms with Gasteiger partial charge in [-0.25, -0.2) is 0 Å². The van der Waals surface area contributed by atoms with Crippen molar-refractivity contribution >= 4 is 11.8 Å². The van der Waals surface area contributed by atoms with Gasteiger partial charge in [-0.15, -0.1) is 0 Å². The Kier molecular flexibility index (Phi) is 2.45. The number of ketones is 1.